The number of H-pyrrole nitrogens is 1. The molecule has 5 heteroatoms. The van der Waals surface area contributed by atoms with E-state index in [4.69, 9.17) is 4.74 Å². The number of rotatable bonds is 5. The number of carbonyl (C=O) groups is 1. The van der Waals surface area contributed by atoms with Gasteiger partial charge in [0.2, 0.25) is 5.91 Å². The standard InChI is InChI=1S/C19H25N3O2/c1-24-9-8-22-17-4-3-16(19(22)23)12-21(13-17)11-14-2-5-18-15(10-14)6-7-20-18/h2,5-7,10,16-17,20H,3-4,8-9,11-13H2,1H3/t16-,17+/m1/s1. The fraction of sp³-hybridized carbons (Fsp3) is 0.526. The van der Waals surface area contributed by atoms with E-state index in [1.165, 1.54) is 16.5 Å². The minimum Gasteiger partial charge on any atom is -0.383 e. The SMILES string of the molecule is COCCN1C(=O)[C@@H]2CC[C@H]1CN(Cc1ccc3[nH]ccc3c1)C2. The van der Waals surface area contributed by atoms with Gasteiger partial charge in [0, 0.05) is 51.0 Å². The molecule has 0 aliphatic carbocycles. The van der Waals surface area contributed by atoms with Crippen molar-refractivity contribution in [2.24, 2.45) is 5.92 Å². The molecule has 3 aliphatic heterocycles. The van der Waals surface area contributed by atoms with Crippen molar-refractivity contribution in [3.63, 3.8) is 0 Å². The zero-order valence-electron chi connectivity index (χ0n) is 14.2. The topological polar surface area (TPSA) is 48.6 Å². The predicted molar refractivity (Wildman–Crippen MR) is 93.7 cm³/mol. The molecule has 3 saturated heterocycles. The monoisotopic (exact) mass is 327 g/mol. The number of piperidine rings is 1. The average Bonchev–Trinajstić information content (AvgIpc) is 2.90. The molecule has 24 heavy (non-hydrogen) atoms. The number of nitrogens with one attached hydrogen (secondary N) is 1. The van der Waals surface area contributed by atoms with Crippen LogP contribution in [0.2, 0.25) is 0 Å². The summed E-state index contributed by atoms with van der Waals surface area (Å²) in [6.07, 6.45) is 4.13. The highest BCUT2D eigenvalue weighted by molar-refractivity contribution is 5.81. The fourth-order valence-corrected chi connectivity index (χ4v) is 4.20. The van der Waals surface area contributed by atoms with E-state index < -0.39 is 0 Å². The maximum Gasteiger partial charge on any atom is 0.227 e. The summed E-state index contributed by atoms with van der Waals surface area (Å²) in [5.74, 6) is 0.475. The van der Waals surface area contributed by atoms with E-state index in [0.29, 0.717) is 18.6 Å². The zero-order chi connectivity index (χ0) is 16.5. The fourth-order valence-electron chi connectivity index (χ4n) is 4.20. The average molecular weight is 327 g/mol. The van der Waals surface area contributed by atoms with Crippen molar-refractivity contribution in [2.45, 2.75) is 25.4 Å². The molecular weight excluding hydrogens is 302 g/mol. The van der Waals surface area contributed by atoms with Gasteiger partial charge in [0.1, 0.15) is 0 Å². The van der Waals surface area contributed by atoms with Crippen molar-refractivity contribution in [2.75, 3.05) is 33.4 Å². The van der Waals surface area contributed by atoms with Crippen molar-refractivity contribution < 1.29 is 9.53 Å². The number of hydrogen-bond acceptors (Lipinski definition) is 3. The van der Waals surface area contributed by atoms with Crippen molar-refractivity contribution in [3.05, 3.63) is 36.0 Å². The largest absolute Gasteiger partial charge is 0.383 e. The maximum atomic E-state index is 12.7. The lowest BCUT2D eigenvalue weighted by Crippen LogP contribution is -2.49. The zero-order valence-corrected chi connectivity index (χ0v) is 14.2. The second-order valence-electron chi connectivity index (χ2n) is 7.05. The summed E-state index contributed by atoms with van der Waals surface area (Å²) in [7, 11) is 1.70. The normalized spacial score (nSPS) is 24.7. The van der Waals surface area contributed by atoms with Gasteiger partial charge in [0.15, 0.2) is 0 Å². The molecule has 0 radical (unpaired) electrons. The molecule has 2 bridgehead atoms. The van der Waals surface area contributed by atoms with Crippen LogP contribution in [0.4, 0.5) is 0 Å². The van der Waals surface area contributed by atoms with Crippen molar-refractivity contribution in [1.82, 2.24) is 14.8 Å². The Hall–Kier alpha value is -1.85. The number of ether oxygens (including phenoxy) is 1. The van der Waals surface area contributed by atoms with E-state index >= 15 is 0 Å². The van der Waals surface area contributed by atoms with Gasteiger partial charge in [-0.05, 0) is 42.0 Å². The van der Waals surface area contributed by atoms with Gasteiger partial charge < -0.3 is 14.6 Å². The number of benzene rings is 1. The van der Waals surface area contributed by atoms with Gasteiger partial charge in [0.05, 0.1) is 12.5 Å². The summed E-state index contributed by atoms with van der Waals surface area (Å²) in [5.41, 5.74) is 2.50. The highest BCUT2D eigenvalue weighted by Gasteiger charge is 2.40. The Balaban J connectivity index is 1.49. The van der Waals surface area contributed by atoms with Crippen LogP contribution in [0, 0.1) is 5.92 Å². The first-order valence-electron chi connectivity index (χ1n) is 8.82. The highest BCUT2D eigenvalue weighted by Crippen LogP contribution is 2.30. The molecule has 1 amide bonds. The molecule has 4 heterocycles. The van der Waals surface area contributed by atoms with Gasteiger partial charge >= 0.3 is 0 Å². The summed E-state index contributed by atoms with van der Waals surface area (Å²) >= 11 is 0. The molecule has 5 rings (SSSR count). The maximum absolute atomic E-state index is 12.7. The Labute approximate surface area is 142 Å². The van der Waals surface area contributed by atoms with E-state index in [-0.39, 0.29) is 5.92 Å². The lowest BCUT2D eigenvalue weighted by Gasteiger charge is -2.35. The van der Waals surface area contributed by atoms with E-state index in [9.17, 15) is 4.79 Å². The second kappa shape index (κ2) is 6.57. The van der Waals surface area contributed by atoms with Gasteiger partial charge in [-0.1, -0.05) is 6.07 Å². The first kappa shape index (κ1) is 15.7. The number of nitrogens with zero attached hydrogens (tertiary/aromatic N) is 2. The molecule has 2 atom stereocenters. The highest BCUT2D eigenvalue weighted by atomic mass is 16.5. The molecule has 0 spiro atoms. The molecule has 128 valence electrons. The van der Waals surface area contributed by atoms with Crippen molar-refractivity contribution >= 4 is 16.8 Å². The quantitative estimate of drug-likeness (QED) is 0.916. The number of aromatic nitrogens is 1. The third kappa shape index (κ3) is 2.94. The predicted octanol–water partition coefficient (Wildman–Crippen LogP) is 2.24. The number of methoxy groups -OCH3 is 1. The molecule has 1 aromatic carbocycles. The van der Waals surface area contributed by atoms with Gasteiger partial charge in [0.25, 0.3) is 0 Å². The van der Waals surface area contributed by atoms with Gasteiger partial charge in [-0.15, -0.1) is 0 Å². The minimum absolute atomic E-state index is 0.150. The molecule has 0 saturated carbocycles. The molecule has 5 nitrogen and oxygen atoms in total. The van der Waals surface area contributed by atoms with Crippen LogP contribution in [0.5, 0.6) is 0 Å². The number of fused-ring (bicyclic) bond motifs is 5. The van der Waals surface area contributed by atoms with Gasteiger partial charge in [-0.25, -0.2) is 0 Å². The van der Waals surface area contributed by atoms with Crippen LogP contribution in [0.3, 0.4) is 0 Å². The van der Waals surface area contributed by atoms with Gasteiger partial charge in [-0.3, -0.25) is 9.69 Å². The number of amides is 1. The van der Waals surface area contributed by atoms with E-state index in [1.54, 1.807) is 7.11 Å². The molecule has 2 aromatic rings. The Bertz CT molecular complexity index is 726. The second-order valence-corrected chi connectivity index (χ2v) is 7.05. The van der Waals surface area contributed by atoms with E-state index in [2.05, 4.69) is 39.0 Å². The number of aromatic amines is 1. The van der Waals surface area contributed by atoms with Crippen LogP contribution in [-0.4, -0.2) is 60.1 Å². The van der Waals surface area contributed by atoms with Gasteiger partial charge in [-0.2, -0.15) is 0 Å². The lowest BCUT2D eigenvalue weighted by molar-refractivity contribution is -0.140. The number of carbonyl (C=O) groups excluding carboxylic acids is 1. The lowest BCUT2D eigenvalue weighted by atomic mass is 9.94. The molecule has 1 N–H and O–H groups in total. The first-order valence-corrected chi connectivity index (χ1v) is 8.82. The molecule has 1 aromatic heterocycles. The molecule has 0 unspecified atom stereocenters. The van der Waals surface area contributed by atoms with Crippen LogP contribution < -0.4 is 0 Å². The third-order valence-corrected chi connectivity index (χ3v) is 5.43. The third-order valence-electron chi connectivity index (χ3n) is 5.43. The summed E-state index contributed by atoms with van der Waals surface area (Å²) < 4.78 is 5.19. The Kier molecular flexibility index (Phi) is 4.29. The van der Waals surface area contributed by atoms with Crippen LogP contribution >= 0.6 is 0 Å². The smallest absolute Gasteiger partial charge is 0.227 e. The summed E-state index contributed by atoms with van der Waals surface area (Å²) in [4.78, 5) is 20.5. The number of hydrogen-bond donors (Lipinski definition) is 1. The van der Waals surface area contributed by atoms with Crippen LogP contribution in [-0.2, 0) is 16.1 Å². The Morgan fingerprint density at radius 1 is 1.25 bits per heavy atom. The van der Waals surface area contributed by atoms with Crippen LogP contribution in [0.25, 0.3) is 10.9 Å². The minimum atomic E-state index is 0.150. The summed E-state index contributed by atoms with van der Waals surface area (Å²) in [6.45, 7) is 4.11. The van der Waals surface area contributed by atoms with Crippen molar-refractivity contribution in [3.8, 4) is 0 Å². The van der Waals surface area contributed by atoms with E-state index in [1.807, 2.05) is 6.20 Å². The van der Waals surface area contributed by atoms with Crippen LogP contribution in [0.1, 0.15) is 18.4 Å². The molecular formula is C19H25N3O2. The summed E-state index contributed by atoms with van der Waals surface area (Å²) in [5, 5.41) is 1.25. The molecule has 3 fully saturated rings. The van der Waals surface area contributed by atoms with E-state index in [0.717, 1.165) is 39.0 Å². The van der Waals surface area contributed by atoms with Crippen LogP contribution in [0.15, 0.2) is 30.5 Å². The Morgan fingerprint density at radius 2 is 2.17 bits per heavy atom. The Morgan fingerprint density at radius 3 is 3.04 bits per heavy atom. The van der Waals surface area contributed by atoms with Crippen molar-refractivity contribution in [1.29, 1.82) is 0 Å². The molecule has 3 aliphatic rings. The summed E-state index contributed by atoms with van der Waals surface area (Å²) in [6, 6.07) is 9.04. The first-order chi connectivity index (χ1) is 11.7.